The number of carbonyl (C=O) groups is 2. The van der Waals surface area contributed by atoms with Gasteiger partial charge in [-0.15, -0.1) is 0 Å². The molecule has 0 bridgehead atoms. The fourth-order valence-electron chi connectivity index (χ4n) is 4.09. The van der Waals surface area contributed by atoms with E-state index in [1.165, 1.54) is 10.9 Å². The predicted molar refractivity (Wildman–Crippen MR) is 116 cm³/mol. The maximum absolute atomic E-state index is 12.9. The number of fused-ring (bicyclic) bond motifs is 2. The minimum Gasteiger partial charge on any atom is -0.502 e. The number of hydrogen-bond acceptors (Lipinski definition) is 5. The molecule has 30 heavy (non-hydrogen) atoms. The lowest BCUT2D eigenvalue weighted by molar-refractivity contribution is 0.0497. The lowest BCUT2D eigenvalue weighted by atomic mass is 10.0. The quantitative estimate of drug-likeness (QED) is 0.782. The Bertz CT molecular complexity index is 984. The van der Waals surface area contributed by atoms with Gasteiger partial charge in [0.25, 0.3) is 5.91 Å². The molecule has 2 aromatic rings. The van der Waals surface area contributed by atoms with E-state index in [1.807, 2.05) is 49.2 Å². The summed E-state index contributed by atoms with van der Waals surface area (Å²) in [6.45, 7) is 4.60. The van der Waals surface area contributed by atoms with Crippen LogP contribution in [-0.2, 0) is 6.42 Å². The lowest BCUT2D eigenvalue weighted by Gasteiger charge is -2.47. The van der Waals surface area contributed by atoms with E-state index in [9.17, 15) is 19.5 Å². The summed E-state index contributed by atoms with van der Waals surface area (Å²) in [5.41, 5.74) is 0.0798. The van der Waals surface area contributed by atoms with Crippen molar-refractivity contribution in [2.75, 3.05) is 18.6 Å². The Morgan fingerprint density at radius 1 is 1.13 bits per heavy atom. The largest absolute Gasteiger partial charge is 0.502 e. The molecule has 1 unspecified atom stereocenters. The Hall–Kier alpha value is -3.09. The highest BCUT2D eigenvalue weighted by molar-refractivity contribution is 6.00. The Morgan fingerprint density at radius 3 is 2.53 bits per heavy atom. The fraction of sp³-hybridized carbons (Fsp3) is 0.435. The molecule has 0 radical (unpaired) electrons. The molecule has 0 aliphatic carbocycles. The van der Waals surface area contributed by atoms with Crippen LogP contribution in [0.4, 0.5) is 0 Å². The van der Waals surface area contributed by atoms with Crippen molar-refractivity contribution in [2.24, 2.45) is 0 Å². The van der Waals surface area contributed by atoms with Gasteiger partial charge in [-0.3, -0.25) is 24.1 Å². The van der Waals surface area contributed by atoms with Crippen LogP contribution in [-0.4, -0.2) is 46.1 Å². The molecule has 1 aromatic carbocycles. The minimum absolute atomic E-state index is 0.0646. The average Bonchev–Trinajstić information content (AvgIpc) is 2.79. The van der Waals surface area contributed by atoms with Crippen LogP contribution < -0.4 is 10.4 Å². The second-order valence-corrected chi connectivity index (χ2v) is 7.37. The maximum atomic E-state index is 12.9. The topological polar surface area (TPSA) is 82.8 Å². The van der Waals surface area contributed by atoms with E-state index in [0.717, 1.165) is 24.8 Å². The molecule has 2 aliphatic heterocycles. The number of pyridine rings is 1. The van der Waals surface area contributed by atoms with Crippen LogP contribution in [0.5, 0.6) is 5.75 Å². The van der Waals surface area contributed by atoms with Gasteiger partial charge in [-0.05, 0) is 31.2 Å². The van der Waals surface area contributed by atoms with Crippen LogP contribution in [0.2, 0.25) is 0 Å². The molecule has 7 heteroatoms. The van der Waals surface area contributed by atoms with Crippen molar-refractivity contribution < 1.29 is 14.7 Å². The molecular weight excluding hydrogens is 382 g/mol. The van der Waals surface area contributed by atoms with Crippen LogP contribution >= 0.6 is 0 Å². The van der Waals surface area contributed by atoms with E-state index in [2.05, 4.69) is 0 Å². The Kier molecular flexibility index (Phi) is 6.59. The summed E-state index contributed by atoms with van der Waals surface area (Å²) in [5.74, 6) is -1.35. The number of rotatable bonds is 4. The molecule has 1 atom stereocenters. The molecule has 0 spiro atoms. The minimum atomic E-state index is -0.776. The van der Waals surface area contributed by atoms with Gasteiger partial charge < -0.3 is 10.0 Å². The predicted octanol–water partition coefficient (Wildman–Crippen LogP) is 2.93. The zero-order valence-corrected chi connectivity index (χ0v) is 17.8. The molecule has 160 valence electrons. The Morgan fingerprint density at radius 2 is 1.83 bits per heavy atom. The maximum Gasteiger partial charge on any atom is 0.278 e. The second kappa shape index (κ2) is 9.15. The van der Waals surface area contributed by atoms with Crippen molar-refractivity contribution in [3.05, 3.63) is 63.6 Å². The number of amides is 1. The summed E-state index contributed by atoms with van der Waals surface area (Å²) in [6.07, 6.45) is 4.65. The number of aromatic nitrogens is 1. The molecule has 1 amide bonds. The number of hydrogen-bond donors (Lipinski definition) is 1. The van der Waals surface area contributed by atoms with Crippen molar-refractivity contribution in [3.8, 4) is 5.75 Å². The van der Waals surface area contributed by atoms with Gasteiger partial charge in [0.2, 0.25) is 5.43 Å². The molecular formula is C23H29N3O4. The Labute approximate surface area is 176 Å². The van der Waals surface area contributed by atoms with E-state index in [-0.39, 0.29) is 35.5 Å². The summed E-state index contributed by atoms with van der Waals surface area (Å²) < 4.78 is 1.47. The zero-order chi connectivity index (χ0) is 21.8. The number of ketones is 1. The van der Waals surface area contributed by atoms with Crippen LogP contribution in [0.15, 0.2) is 41.3 Å². The average molecular weight is 412 g/mol. The Balaban J connectivity index is 0.00000124. The SMILES string of the molecule is CC.CN1C2CCCCN2C(=O)c2c(O)c(=O)c(C(=O)CCc3ccccc3)cn21. The van der Waals surface area contributed by atoms with Crippen molar-refractivity contribution in [1.82, 2.24) is 9.58 Å². The molecule has 1 saturated heterocycles. The summed E-state index contributed by atoms with van der Waals surface area (Å²) >= 11 is 0. The number of piperidine rings is 1. The van der Waals surface area contributed by atoms with Crippen LogP contribution in [0.3, 0.4) is 0 Å². The second-order valence-electron chi connectivity index (χ2n) is 7.37. The van der Waals surface area contributed by atoms with Crippen LogP contribution in [0.25, 0.3) is 0 Å². The van der Waals surface area contributed by atoms with Crippen molar-refractivity contribution in [1.29, 1.82) is 0 Å². The van der Waals surface area contributed by atoms with Crippen LogP contribution in [0, 0.1) is 0 Å². The van der Waals surface area contributed by atoms with E-state index in [1.54, 1.807) is 11.9 Å². The highest BCUT2D eigenvalue weighted by Crippen LogP contribution is 2.29. The number of aryl methyl sites for hydroxylation is 1. The lowest BCUT2D eigenvalue weighted by Crippen LogP contribution is -2.61. The molecule has 0 saturated carbocycles. The smallest absolute Gasteiger partial charge is 0.278 e. The first-order chi connectivity index (χ1) is 14.5. The number of carbonyl (C=O) groups excluding carboxylic acids is 2. The van der Waals surface area contributed by atoms with E-state index < -0.39 is 11.2 Å². The van der Waals surface area contributed by atoms with Gasteiger partial charge >= 0.3 is 0 Å². The first-order valence-electron chi connectivity index (χ1n) is 10.6. The first kappa shape index (κ1) is 21.6. The normalized spacial score (nSPS) is 17.6. The van der Waals surface area contributed by atoms with Gasteiger partial charge in [-0.1, -0.05) is 44.2 Å². The van der Waals surface area contributed by atoms with Crippen molar-refractivity contribution >= 4 is 11.7 Å². The third-order valence-corrected chi connectivity index (χ3v) is 5.65. The summed E-state index contributed by atoms with van der Waals surface area (Å²) in [4.78, 5) is 39.9. The molecule has 4 rings (SSSR count). The molecule has 7 nitrogen and oxygen atoms in total. The summed E-state index contributed by atoms with van der Waals surface area (Å²) in [5, 5.41) is 12.3. The molecule has 1 aromatic heterocycles. The molecule has 1 fully saturated rings. The highest BCUT2D eigenvalue weighted by Gasteiger charge is 2.40. The number of Topliss-reactive ketones (excluding diaryl/α,β-unsaturated/α-hetero) is 1. The van der Waals surface area contributed by atoms with Crippen molar-refractivity contribution in [2.45, 2.75) is 52.1 Å². The van der Waals surface area contributed by atoms with Crippen molar-refractivity contribution in [3.63, 3.8) is 0 Å². The molecule has 3 heterocycles. The van der Waals surface area contributed by atoms with Gasteiger partial charge in [-0.25, -0.2) is 0 Å². The van der Waals surface area contributed by atoms with Gasteiger partial charge in [0, 0.05) is 26.2 Å². The number of benzene rings is 1. The molecule has 2 aliphatic rings. The van der Waals surface area contributed by atoms with E-state index in [0.29, 0.717) is 13.0 Å². The fourth-order valence-corrected chi connectivity index (χ4v) is 4.09. The van der Waals surface area contributed by atoms with Crippen LogP contribution in [0.1, 0.15) is 65.9 Å². The van der Waals surface area contributed by atoms with Gasteiger partial charge in [0.15, 0.2) is 17.2 Å². The van der Waals surface area contributed by atoms with Gasteiger partial charge in [-0.2, -0.15) is 0 Å². The molecule has 1 N–H and O–H groups in total. The van der Waals surface area contributed by atoms with E-state index >= 15 is 0 Å². The monoisotopic (exact) mass is 411 g/mol. The standard InChI is InChI=1S/C21H23N3O4.C2H6/c1-22-17-9-5-6-12-23(17)21(28)18-20(27)19(26)15(13-24(18)22)16(25)11-10-14-7-3-2-4-8-14;1-2/h2-4,7-8,13,17,27H,5-6,9-12H2,1H3;1-2H3. The summed E-state index contributed by atoms with van der Waals surface area (Å²) in [7, 11) is 1.81. The number of nitrogens with zero attached hydrogens (tertiary/aromatic N) is 3. The zero-order valence-electron chi connectivity index (χ0n) is 17.8. The number of aromatic hydroxyl groups is 1. The van der Waals surface area contributed by atoms with Gasteiger partial charge in [0.1, 0.15) is 6.17 Å². The summed E-state index contributed by atoms with van der Waals surface area (Å²) in [6, 6.07) is 9.55. The van der Waals surface area contributed by atoms with Gasteiger partial charge in [0.05, 0.1) is 5.56 Å². The third-order valence-electron chi connectivity index (χ3n) is 5.65. The highest BCUT2D eigenvalue weighted by atomic mass is 16.3. The third kappa shape index (κ3) is 3.84. The first-order valence-corrected chi connectivity index (χ1v) is 10.6. The van der Waals surface area contributed by atoms with E-state index in [4.69, 9.17) is 0 Å².